The Balaban J connectivity index is 0.000000177. The van der Waals surface area contributed by atoms with E-state index in [9.17, 15) is 43.5 Å². The Hall–Kier alpha value is -10.5. The van der Waals surface area contributed by atoms with Gasteiger partial charge >= 0.3 is 29.8 Å². The summed E-state index contributed by atoms with van der Waals surface area (Å²) < 4.78 is 13.5. The Labute approximate surface area is 547 Å². The molecule has 12 rings (SSSR count). The normalized spacial score (nSPS) is 19.6. The van der Waals surface area contributed by atoms with Gasteiger partial charge in [0.05, 0.1) is 35.5 Å². The van der Waals surface area contributed by atoms with Crippen LogP contribution in [0.25, 0.3) is 22.3 Å². The van der Waals surface area contributed by atoms with Crippen molar-refractivity contribution >= 4 is 65.2 Å². The number of rotatable bonds is 24. The fourth-order valence-electron chi connectivity index (χ4n) is 13.0. The number of carboxylic acid groups (broad SMARTS) is 1. The maximum atomic E-state index is 13.0. The van der Waals surface area contributed by atoms with Gasteiger partial charge in [-0.1, -0.05) is 163 Å². The molecule has 2 amide bonds. The van der Waals surface area contributed by atoms with Crippen molar-refractivity contribution in [1.82, 2.24) is 5.32 Å². The zero-order chi connectivity index (χ0) is 66.3. The van der Waals surface area contributed by atoms with Gasteiger partial charge in [0, 0.05) is 24.1 Å². The van der Waals surface area contributed by atoms with Crippen LogP contribution >= 0.6 is 0 Å². The van der Waals surface area contributed by atoms with Crippen molar-refractivity contribution in [3.63, 3.8) is 0 Å². The maximum absolute atomic E-state index is 13.0. The number of amides is 2. The Morgan fingerprint density at radius 1 is 0.415 bits per heavy atom. The second-order valence-electron chi connectivity index (χ2n) is 24.7. The second-order valence-corrected chi connectivity index (χ2v) is 24.7. The predicted octanol–water partition coefficient (Wildman–Crippen LogP) is 11.7. The first kappa shape index (κ1) is 66.4. The standard InChI is InChI=1S/C40H42N2O6.C30H32N2.C8H4O6/c1-26-9-11-27(12-10-26)5-3-6-28-13-19-31(20-14-28)32-21-15-29(16-22-32)7-4-8-30-17-23-33(24-18-30)42-39(45)34-35(38(44)41-2)37(48-25-43)36(34)40(46)47;31-29-19-11-25(12-20-29)5-1-3-23-7-15-27(16-8-23)28-17-9-24(10-18-28)4-2-6-26-13-21-30(32)22-14-26;9-5-1-2(6(10)13-5)4-3(1)7(11)14-8(4)12/h9-25,34-37H,3-8H2,1-2H3,(H,41,44)(H,42,45)(H,46,47);7-22H,1-6,31-32H2;1-4H. The van der Waals surface area contributed by atoms with Crippen molar-refractivity contribution in [3.05, 3.63) is 244 Å². The molecule has 4 atom stereocenters. The Bertz CT molecular complexity index is 3770. The molecule has 16 heteroatoms. The molecule has 8 aromatic carbocycles. The molecule has 0 spiro atoms. The summed E-state index contributed by atoms with van der Waals surface area (Å²) in [6.07, 6.45) is 11.5. The molecular weight excluding hydrogens is 1180 g/mol. The summed E-state index contributed by atoms with van der Waals surface area (Å²) in [5.74, 6) is -12.0. The van der Waals surface area contributed by atoms with E-state index in [0.717, 1.165) is 94.0 Å². The molecule has 0 aromatic heterocycles. The molecule has 0 radical (unpaired) electrons. The highest BCUT2D eigenvalue weighted by atomic mass is 16.6. The van der Waals surface area contributed by atoms with Gasteiger partial charge in [-0.3, -0.25) is 38.4 Å². The number of fused-ring (bicyclic) bond motifs is 4. The van der Waals surface area contributed by atoms with Gasteiger partial charge in [-0.05, 0) is 187 Å². The lowest BCUT2D eigenvalue weighted by Crippen LogP contribution is -2.64. The third-order valence-corrected chi connectivity index (χ3v) is 18.4. The van der Waals surface area contributed by atoms with Crippen molar-refractivity contribution in [2.75, 3.05) is 23.8 Å². The molecule has 16 nitrogen and oxygen atoms in total. The summed E-state index contributed by atoms with van der Waals surface area (Å²) in [6, 6.07) is 68.2. The zero-order valence-electron chi connectivity index (χ0n) is 52.7. The minimum atomic E-state index is -1.31. The molecule has 2 saturated carbocycles. The maximum Gasteiger partial charge on any atom is 0.318 e. The minimum Gasteiger partial charge on any atom is -0.481 e. The molecule has 0 bridgehead atoms. The van der Waals surface area contributed by atoms with Crippen molar-refractivity contribution in [3.8, 4) is 22.3 Å². The first-order valence-electron chi connectivity index (χ1n) is 32.1. The third kappa shape index (κ3) is 16.6. The number of aryl methyl sites for hydroxylation is 9. The minimum absolute atomic E-state index is 0.105. The molecule has 2 heterocycles. The topological polar surface area (TPSA) is 261 Å². The van der Waals surface area contributed by atoms with Crippen LogP contribution in [-0.4, -0.2) is 66.4 Å². The second kappa shape index (κ2) is 31.2. The first-order valence-corrected chi connectivity index (χ1v) is 32.1. The highest BCUT2D eigenvalue weighted by molar-refractivity contribution is 6.10. The van der Waals surface area contributed by atoms with Crippen LogP contribution in [0, 0.1) is 48.3 Å². The average Bonchev–Trinajstić information content (AvgIpc) is 1.49. The summed E-state index contributed by atoms with van der Waals surface area (Å²) in [7, 11) is 1.38. The SMILES string of the molecule is CNC(=O)C1C(OC=O)C(C(=O)O)C1C(=O)Nc1ccc(CCCc2ccc(-c3ccc(CCCc4ccc(C)cc4)cc3)cc2)cc1.Nc1ccc(CCCc2ccc(-c3ccc(CCCc4ccc(N)cc4)cc3)cc2)cc1.O=C1OC(=O)C2C1C1C(=O)OC(=O)C21. The molecule has 94 heavy (non-hydrogen) atoms. The fourth-order valence-corrected chi connectivity index (χ4v) is 13.0. The highest BCUT2D eigenvalue weighted by Gasteiger charge is 2.73. The van der Waals surface area contributed by atoms with Crippen LogP contribution in [-0.2, 0) is 104 Å². The molecule has 4 aliphatic rings. The number of cyclic esters (lactones) is 4. The van der Waals surface area contributed by atoms with Gasteiger partial charge in [-0.15, -0.1) is 0 Å². The van der Waals surface area contributed by atoms with Gasteiger partial charge in [0.1, 0.15) is 12.0 Å². The molecule has 7 N–H and O–H groups in total. The number of carbonyl (C=O) groups is 8. The molecule has 2 aliphatic heterocycles. The van der Waals surface area contributed by atoms with E-state index in [-0.39, 0.29) is 6.47 Å². The number of hydrogen-bond acceptors (Lipinski definition) is 13. The fraction of sp³-hybridized carbons (Fsp3) is 0.282. The number of carboxylic acids is 1. The smallest absolute Gasteiger partial charge is 0.318 e. The monoisotopic (exact) mass is 1260 g/mol. The van der Waals surface area contributed by atoms with Gasteiger partial charge < -0.3 is 41.4 Å². The molecule has 8 aromatic rings. The van der Waals surface area contributed by atoms with Gasteiger partial charge in [-0.2, -0.15) is 0 Å². The number of aliphatic carboxylic acids is 1. The van der Waals surface area contributed by atoms with E-state index < -0.39 is 89.2 Å². The largest absolute Gasteiger partial charge is 0.481 e. The Morgan fingerprint density at radius 2 is 0.691 bits per heavy atom. The Kier molecular flexibility index (Phi) is 22.1. The van der Waals surface area contributed by atoms with E-state index in [4.69, 9.17) is 16.2 Å². The summed E-state index contributed by atoms with van der Waals surface area (Å²) in [4.78, 5) is 92.4. The van der Waals surface area contributed by atoms with E-state index in [0.29, 0.717) is 5.69 Å². The van der Waals surface area contributed by atoms with Crippen LogP contribution in [0.4, 0.5) is 17.1 Å². The molecule has 482 valence electrons. The average molecular weight is 1260 g/mol. The number of anilines is 3. The summed E-state index contributed by atoms with van der Waals surface area (Å²) in [5, 5.41) is 14.8. The van der Waals surface area contributed by atoms with Crippen LogP contribution in [0.2, 0.25) is 0 Å². The van der Waals surface area contributed by atoms with Crippen LogP contribution in [0.3, 0.4) is 0 Å². The van der Waals surface area contributed by atoms with Crippen LogP contribution in [0.5, 0.6) is 0 Å². The van der Waals surface area contributed by atoms with Gasteiger partial charge in [0.25, 0.3) is 6.47 Å². The highest BCUT2D eigenvalue weighted by Crippen LogP contribution is 2.55. The number of esters is 4. The van der Waals surface area contributed by atoms with E-state index >= 15 is 0 Å². The zero-order valence-corrected chi connectivity index (χ0v) is 52.7. The van der Waals surface area contributed by atoms with Crippen molar-refractivity contribution < 1.29 is 57.7 Å². The quantitative estimate of drug-likeness (QED) is 0.0124. The summed E-state index contributed by atoms with van der Waals surface area (Å²) in [6.45, 7) is 2.22. The number of ether oxygens (including phenoxy) is 3. The van der Waals surface area contributed by atoms with E-state index in [1.807, 2.05) is 36.4 Å². The third-order valence-electron chi connectivity index (χ3n) is 18.4. The van der Waals surface area contributed by atoms with Crippen molar-refractivity contribution in [2.24, 2.45) is 41.4 Å². The van der Waals surface area contributed by atoms with Crippen LogP contribution < -0.4 is 22.1 Å². The van der Waals surface area contributed by atoms with Crippen molar-refractivity contribution in [1.29, 1.82) is 0 Å². The molecular formula is C78H78N4O12. The van der Waals surface area contributed by atoms with Gasteiger partial charge in [0.2, 0.25) is 11.8 Å². The number of nitrogens with two attached hydrogens (primary N) is 2. The predicted molar refractivity (Wildman–Crippen MR) is 359 cm³/mol. The van der Waals surface area contributed by atoms with Crippen LogP contribution in [0.1, 0.15) is 75.8 Å². The van der Waals surface area contributed by atoms with Crippen LogP contribution in [0.15, 0.2) is 194 Å². The molecule has 2 aliphatic carbocycles. The molecule has 4 unspecified atom stereocenters. The van der Waals surface area contributed by atoms with Gasteiger partial charge in [0.15, 0.2) is 0 Å². The lowest BCUT2D eigenvalue weighted by atomic mass is 9.59. The summed E-state index contributed by atoms with van der Waals surface area (Å²) in [5.41, 5.74) is 30.6. The number of carbonyl (C=O) groups excluding carboxylic acids is 7. The van der Waals surface area contributed by atoms with Gasteiger partial charge in [-0.25, -0.2) is 0 Å². The van der Waals surface area contributed by atoms with E-state index in [1.165, 1.54) is 73.8 Å². The first-order chi connectivity index (χ1) is 45.5. The molecule has 2 saturated heterocycles. The summed E-state index contributed by atoms with van der Waals surface area (Å²) >= 11 is 0. The number of nitrogen functional groups attached to an aromatic ring is 2. The lowest BCUT2D eigenvalue weighted by Gasteiger charge is -2.45. The number of nitrogens with one attached hydrogen (secondary N) is 2. The number of benzene rings is 8. The van der Waals surface area contributed by atoms with E-state index in [2.05, 4.69) is 173 Å². The number of hydrogen-bond donors (Lipinski definition) is 5. The Morgan fingerprint density at radius 3 is 0.968 bits per heavy atom. The van der Waals surface area contributed by atoms with Crippen molar-refractivity contribution in [2.45, 2.75) is 90.1 Å². The van der Waals surface area contributed by atoms with E-state index in [1.54, 1.807) is 12.1 Å². The lowest BCUT2D eigenvalue weighted by molar-refractivity contribution is -0.187. The molecule has 4 fully saturated rings.